The fourth-order valence-corrected chi connectivity index (χ4v) is 3.24. The van der Waals surface area contributed by atoms with Crippen LogP contribution in [0.3, 0.4) is 0 Å². The van der Waals surface area contributed by atoms with Gasteiger partial charge in [0.05, 0.1) is 29.6 Å². The molecule has 0 bridgehead atoms. The minimum absolute atomic E-state index is 0.00903. The zero-order chi connectivity index (χ0) is 16.2. The van der Waals surface area contributed by atoms with Gasteiger partial charge in [-0.1, -0.05) is 47.5 Å². The van der Waals surface area contributed by atoms with Gasteiger partial charge < -0.3 is 10.2 Å². The lowest BCUT2D eigenvalue weighted by Gasteiger charge is -2.25. The highest BCUT2D eigenvalue weighted by molar-refractivity contribution is 6.42. The number of amides is 1. The number of fused-ring (bicyclic) bond motifs is 1. The van der Waals surface area contributed by atoms with E-state index in [1.54, 1.807) is 18.2 Å². The van der Waals surface area contributed by atoms with Crippen molar-refractivity contribution in [1.82, 2.24) is 0 Å². The number of quaternary nitrogens is 1. The molecule has 2 aromatic rings. The number of halogens is 2. The number of carbonyl (C=O) groups excluding carboxylic acids is 1. The molecule has 1 aliphatic heterocycles. The Labute approximate surface area is 146 Å². The molecule has 0 saturated carbocycles. The van der Waals surface area contributed by atoms with Gasteiger partial charge in [-0.3, -0.25) is 4.79 Å². The molecule has 3 rings (SSSR count). The van der Waals surface area contributed by atoms with Crippen LogP contribution in [0, 0.1) is 0 Å². The second-order valence-corrected chi connectivity index (χ2v) is 6.69. The maximum Gasteiger partial charge on any atom is 0.230 e. The van der Waals surface area contributed by atoms with E-state index < -0.39 is 0 Å². The number of benzene rings is 2. The van der Waals surface area contributed by atoms with E-state index in [0.717, 1.165) is 26.1 Å². The van der Waals surface area contributed by atoms with Crippen molar-refractivity contribution < 1.29 is 9.69 Å². The van der Waals surface area contributed by atoms with Crippen LogP contribution >= 0.6 is 23.2 Å². The lowest BCUT2D eigenvalue weighted by molar-refractivity contribution is -0.915. The first-order valence-corrected chi connectivity index (χ1v) is 8.52. The molecule has 1 atom stereocenters. The van der Waals surface area contributed by atoms with Gasteiger partial charge in [-0.25, -0.2) is 0 Å². The fourth-order valence-electron chi connectivity index (χ4n) is 2.94. The fraction of sp³-hybridized carbons (Fsp3) is 0.278. The van der Waals surface area contributed by atoms with Gasteiger partial charge in [0.15, 0.2) is 0 Å². The van der Waals surface area contributed by atoms with Crippen molar-refractivity contribution >= 4 is 34.8 Å². The maximum atomic E-state index is 12.1. The Bertz CT molecular complexity index is 718. The lowest BCUT2D eigenvalue weighted by Crippen LogP contribution is -3.11. The van der Waals surface area contributed by atoms with Gasteiger partial charge in [0.1, 0.15) is 6.54 Å². The van der Waals surface area contributed by atoms with Crippen LogP contribution in [0.1, 0.15) is 17.5 Å². The monoisotopic (exact) mass is 349 g/mol. The van der Waals surface area contributed by atoms with Crippen molar-refractivity contribution in [1.29, 1.82) is 0 Å². The summed E-state index contributed by atoms with van der Waals surface area (Å²) in [5.41, 5.74) is 3.53. The number of anilines is 1. The zero-order valence-electron chi connectivity index (χ0n) is 12.7. The van der Waals surface area contributed by atoms with Crippen molar-refractivity contribution in [2.45, 2.75) is 19.4 Å². The van der Waals surface area contributed by atoms with Crippen LogP contribution in [-0.2, 0) is 17.8 Å². The molecule has 2 aromatic carbocycles. The largest absolute Gasteiger partial charge is 0.330 e. The highest BCUT2D eigenvalue weighted by Crippen LogP contribution is 2.24. The lowest BCUT2D eigenvalue weighted by atomic mass is 10.00. The van der Waals surface area contributed by atoms with Crippen molar-refractivity contribution in [3.8, 4) is 0 Å². The van der Waals surface area contributed by atoms with Gasteiger partial charge in [-0.15, -0.1) is 0 Å². The summed E-state index contributed by atoms with van der Waals surface area (Å²) in [6, 6.07) is 13.7. The van der Waals surface area contributed by atoms with Crippen LogP contribution in [0.2, 0.25) is 10.0 Å². The summed E-state index contributed by atoms with van der Waals surface area (Å²) in [7, 11) is 0. The molecule has 0 spiro atoms. The van der Waals surface area contributed by atoms with Crippen LogP contribution in [0.15, 0.2) is 42.5 Å². The van der Waals surface area contributed by atoms with Crippen LogP contribution in [0.25, 0.3) is 0 Å². The predicted octanol–water partition coefficient (Wildman–Crippen LogP) is 2.96. The third-order valence-corrected chi connectivity index (χ3v) is 4.95. The number of hydrogen-bond donors (Lipinski definition) is 2. The molecule has 0 fully saturated rings. The summed E-state index contributed by atoms with van der Waals surface area (Å²) in [6.07, 6.45) is 1.58. The van der Waals surface area contributed by atoms with Gasteiger partial charge in [0.25, 0.3) is 0 Å². The Morgan fingerprint density at radius 1 is 1.09 bits per heavy atom. The SMILES string of the molecule is O=C(CC[NH+]1CCc2ccccc2C1)Nc1ccc(Cl)c(Cl)c1. The summed E-state index contributed by atoms with van der Waals surface area (Å²) >= 11 is 11.8. The number of nitrogens with one attached hydrogen (secondary N) is 2. The summed E-state index contributed by atoms with van der Waals surface area (Å²) in [6.45, 7) is 2.91. The topological polar surface area (TPSA) is 33.5 Å². The van der Waals surface area contributed by atoms with Crippen molar-refractivity contribution in [3.05, 3.63) is 63.6 Å². The quantitative estimate of drug-likeness (QED) is 0.873. The standard InChI is InChI=1S/C18H18Cl2N2O/c19-16-6-5-15(11-17(16)20)21-18(23)8-10-22-9-7-13-3-1-2-4-14(13)12-22/h1-6,11H,7-10,12H2,(H,21,23)/p+1. The molecule has 5 heteroatoms. The normalized spacial score (nSPS) is 16.7. The number of hydrogen-bond acceptors (Lipinski definition) is 1. The summed E-state index contributed by atoms with van der Waals surface area (Å²) in [5.74, 6) is 0.00903. The van der Waals surface area contributed by atoms with Gasteiger partial charge in [-0.05, 0) is 23.8 Å². The zero-order valence-corrected chi connectivity index (χ0v) is 14.3. The number of rotatable bonds is 4. The molecule has 0 aliphatic carbocycles. The Morgan fingerprint density at radius 2 is 1.87 bits per heavy atom. The van der Waals surface area contributed by atoms with Gasteiger partial charge in [0, 0.05) is 17.7 Å². The summed E-state index contributed by atoms with van der Waals surface area (Å²) in [4.78, 5) is 13.5. The highest BCUT2D eigenvalue weighted by Gasteiger charge is 2.19. The van der Waals surface area contributed by atoms with Crippen molar-refractivity contribution in [2.75, 3.05) is 18.4 Å². The Hall–Kier alpha value is -1.55. The molecule has 0 radical (unpaired) electrons. The molecule has 1 aliphatic rings. The average Bonchev–Trinajstić information content (AvgIpc) is 2.56. The molecular weight excluding hydrogens is 331 g/mol. The molecule has 1 heterocycles. The van der Waals surface area contributed by atoms with E-state index in [9.17, 15) is 4.79 Å². The smallest absolute Gasteiger partial charge is 0.230 e. The van der Waals surface area contributed by atoms with E-state index in [-0.39, 0.29) is 5.91 Å². The van der Waals surface area contributed by atoms with Gasteiger partial charge in [-0.2, -0.15) is 0 Å². The van der Waals surface area contributed by atoms with E-state index in [2.05, 4.69) is 29.6 Å². The Kier molecular flexibility index (Phi) is 5.21. The first kappa shape index (κ1) is 16.3. The average molecular weight is 350 g/mol. The van der Waals surface area contributed by atoms with Crippen LogP contribution in [0.4, 0.5) is 5.69 Å². The maximum absolute atomic E-state index is 12.1. The van der Waals surface area contributed by atoms with Gasteiger partial charge >= 0.3 is 0 Å². The predicted molar refractivity (Wildman–Crippen MR) is 94.3 cm³/mol. The second kappa shape index (κ2) is 7.35. The minimum atomic E-state index is 0.00903. The molecule has 2 N–H and O–H groups in total. The molecule has 0 aromatic heterocycles. The summed E-state index contributed by atoms with van der Waals surface area (Å²) < 4.78 is 0. The molecule has 0 saturated heterocycles. The van der Waals surface area contributed by atoms with Crippen molar-refractivity contribution in [2.24, 2.45) is 0 Å². The molecule has 1 unspecified atom stereocenters. The van der Waals surface area contributed by atoms with Gasteiger partial charge in [0.2, 0.25) is 5.91 Å². The molecule has 120 valence electrons. The van der Waals surface area contributed by atoms with Crippen molar-refractivity contribution in [3.63, 3.8) is 0 Å². The van der Waals surface area contributed by atoms with E-state index in [1.807, 2.05) is 0 Å². The highest BCUT2D eigenvalue weighted by atomic mass is 35.5. The molecular formula is C18H19Cl2N2O+. The number of carbonyl (C=O) groups is 1. The van der Waals surface area contributed by atoms with E-state index in [0.29, 0.717) is 22.2 Å². The third-order valence-electron chi connectivity index (χ3n) is 4.22. The Balaban J connectivity index is 1.51. The molecule has 1 amide bonds. The van der Waals surface area contributed by atoms with Crippen LogP contribution in [-0.4, -0.2) is 19.0 Å². The van der Waals surface area contributed by atoms with E-state index >= 15 is 0 Å². The minimum Gasteiger partial charge on any atom is -0.330 e. The molecule has 3 nitrogen and oxygen atoms in total. The first-order valence-electron chi connectivity index (χ1n) is 7.77. The first-order chi connectivity index (χ1) is 11.1. The van der Waals surface area contributed by atoms with Crippen LogP contribution < -0.4 is 10.2 Å². The summed E-state index contributed by atoms with van der Waals surface area (Å²) in [5, 5.41) is 3.81. The Morgan fingerprint density at radius 3 is 2.65 bits per heavy atom. The van der Waals surface area contributed by atoms with E-state index in [1.165, 1.54) is 16.0 Å². The third kappa shape index (κ3) is 4.25. The van der Waals surface area contributed by atoms with E-state index in [4.69, 9.17) is 23.2 Å². The second-order valence-electron chi connectivity index (χ2n) is 5.87. The molecule has 23 heavy (non-hydrogen) atoms. The van der Waals surface area contributed by atoms with Crippen LogP contribution in [0.5, 0.6) is 0 Å².